The van der Waals surface area contributed by atoms with E-state index in [1.54, 1.807) is 14.2 Å². The van der Waals surface area contributed by atoms with Gasteiger partial charge in [0.15, 0.2) is 0 Å². The number of hydrogen-bond acceptors (Lipinski definition) is 2. The Morgan fingerprint density at radius 1 is 1.00 bits per heavy atom. The zero-order chi connectivity index (χ0) is 9.45. The Bertz CT molecular complexity index is 85.0. The third kappa shape index (κ3) is 3.55. The lowest BCUT2D eigenvalue weighted by atomic mass is 9.93. The van der Waals surface area contributed by atoms with E-state index in [2.05, 4.69) is 13.8 Å². The van der Waals surface area contributed by atoms with Gasteiger partial charge in [-0.2, -0.15) is 0 Å². The Labute approximate surface area is 76.3 Å². The molecular formula is C10H22O2. The second-order valence-electron chi connectivity index (χ2n) is 3.32. The van der Waals surface area contributed by atoms with Gasteiger partial charge in [-0.05, 0) is 12.8 Å². The molecule has 0 aromatic carbocycles. The molecule has 0 heterocycles. The second-order valence-corrected chi connectivity index (χ2v) is 3.32. The average Bonchev–Trinajstić information content (AvgIpc) is 2.06. The van der Waals surface area contributed by atoms with E-state index in [0.717, 1.165) is 25.7 Å². The maximum Gasteiger partial charge on any atom is 0.0910 e. The monoisotopic (exact) mass is 174 g/mol. The molecular weight excluding hydrogens is 152 g/mol. The molecule has 74 valence electrons. The van der Waals surface area contributed by atoms with Crippen LogP contribution in [0.15, 0.2) is 0 Å². The summed E-state index contributed by atoms with van der Waals surface area (Å²) in [4.78, 5) is 0. The Morgan fingerprint density at radius 2 is 1.50 bits per heavy atom. The Balaban J connectivity index is 4.06. The molecule has 0 rings (SSSR count). The molecule has 0 aliphatic carbocycles. The zero-order valence-electron chi connectivity index (χ0n) is 8.85. The highest BCUT2D eigenvalue weighted by Gasteiger charge is 2.27. The van der Waals surface area contributed by atoms with Gasteiger partial charge in [0.2, 0.25) is 0 Å². The molecule has 2 nitrogen and oxygen atoms in total. The van der Waals surface area contributed by atoms with Crippen LogP contribution >= 0.6 is 0 Å². The van der Waals surface area contributed by atoms with Crippen molar-refractivity contribution in [3.8, 4) is 0 Å². The summed E-state index contributed by atoms with van der Waals surface area (Å²) in [5.41, 5.74) is -0.0295. The molecule has 0 atom stereocenters. The molecule has 0 unspecified atom stereocenters. The summed E-state index contributed by atoms with van der Waals surface area (Å²) >= 11 is 0. The second kappa shape index (κ2) is 6.44. The summed E-state index contributed by atoms with van der Waals surface area (Å²) in [6.45, 7) is 5.07. The summed E-state index contributed by atoms with van der Waals surface area (Å²) in [5.74, 6) is 0. The van der Waals surface area contributed by atoms with Crippen LogP contribution in [0, 0.1) is 0 Å². The summed E-state index contributed by atoms with van der Waals surface area (Å²) in [7, 11) is 3.52. The third-order valence-electron chi connectivity index (χ3n) is 2.25. The lowest BCUT2D eigenvalue weighted by Crippen LogP contribution is -2.36. The van der Waals surface area contributed by atoms with Crippen LogP contribution in [0.1, 0.15) is 39.5 Å². The first kappa shape index (κ1) is 11.9. The molecule has 0 fully saturated rings. The van der Waals surface area contributed by atoms with Crippen molar-refractivity contribution in [1.29, 1.82) is 0 Å². The highest BCUT2D eigenvalue weighted by atomic mass is 16.5. The van der Waals surface area contributed by atoms with E-state index in [-0.39, 0.29) is 5.60 Å². The fraction of sp³-hybridized carbons (Fsp3) is 1.00. The predicted octanol–water partition coefficient (Wildman–Crippen LogP) is 2.62. The molecule has 0 bridgehead atoms. The first-order valence-corrected chi connectivity index (χ1v) is 4.78. The van der Waals surface area contributed by atoms with E-state index in [0.29, 0.717) is 6.61 Å². The van der Waals surface area contributed by atoms with Crippen LogP contribution in [-0.2, 0) is 9.47 Å². The van der Waals surface area contributed by atoms with Gasteiger partial charge in [-0.1, -0.05) is 26.7 Å². The summed E-state index contributed by atoms with van der Waals surface area (Å²) in [6, 6.07) is 0. The summed E-state index contributed by atoms with van der Waals surface area (Å²) < 4.78 is 10.7. The lowest BCUT2D eigenvalue weighted by molar-refractivity contribution is -0.0755. The van der Waals surface area contributed by atoms with E-state index in [1.165, 1.54) is 0 Å². The molecule has 0 amide bonds. The molecule has 0 aliphatic heterocycles. The van der Waals surface area contributed by atoms with Crippen molar-refractivity contribution in [3.63, 3.8) is 0 Å². The highest BCUT2D eigenvalue weighted by Crippen LogP contribution is 2.23. The van der Waals surface area contributed by atoms with Crippen molar-refractivity contribution in [2.45, 2.75) is 45.1 Å². The van der Waals surface area contributed by atoms with Crippen LogP contribution in [0.5, 0.6) is 0 Å². The quantitative estimate of drug-likeness (QED) is 0.590. The van der Waals surface area contributed by atoms with Crippen LogP contribution in [0.4, 0.5) is 0 Å². The highest BCUT2D eigenvalue weighted by molar-refractivity contribution is 4.79. The minimum absolute atomic E-state index is 0.0295. The summed E-state index contributed by atoms with van der Waals surface area (Å²) in [5, 5.41) is 0. The van der Waals surface area contributed by atoms with Crippen LogP contribution in [0.3, 0.4) is 0 Å². The van der Waals surface area contributed by atoms with Crippen molar-refractivity contribution < 1.29 is 9.47 Å². The smallest absolute Gasteiger partial charge is 0.0910 e. The van der Waals surface area contributed by atoms with Gasteiger partial charge in [0.25, 0.3) is 0 Å². The van der Waals surface area contributed by atoms with Gasteiger partial charge in [-0.15, -0.1) is 0 Å². The lowest BCUT2D eigenvalue weighted by Gasteiger charge is -2.31. The van der Waals surface area contributed by atoms with Crippen LogP contribution < -0.4 is 0 Å². The van der Waals surface area contributed by atoms with Crippen molar-refractivity contribution >= 4 is 0 Å². The Hall–Kier alpha value is -0.0800. The maximum absolute atomic E-state index is 5.53. The standard InChI is InChI=1S/C10H22O2/c1-5-7-10(12-4,8-6-2)9-11-3/h5-9H2,1-4H3. The molecule has 0 radical (unpaired) electrons. The average molecular weight is 174 g/mol. The minimum Gasteiger partial charge on any atom is -0.382 e. The van der Waals surface area contributed by atoms with E-state index in [1.807, 2.05) is 0 Å². The van der Waals surface area contributed by atoms with Gasteiger partial charge in [-0.25, -0.2) is 0 Å². The van der Waals surface area contributed by atoms with Gasteiger partial charge >= 0.3 is 0 Å². The van der Waals surface area contributed by atoms with E-state index in [9.17, 15) is 0 Å². The number of methoxy groups -OCH3 is 2. The van der Waals surface area contributed by atoms with Crippen LogP contribution in [0.2, 0.25) is 0 Å². The number of hydrogen-bond donors (Lipinski definition) is 0. The van der Waals surface area contributed by atoms with Crippen molar-refractivity contribution in [3.05, 3.63) is 0 Å². The molecule has 2 heteroatoms. The molecule has 0 spiro atoms. The van der Waals surface area contributed by atoms with E-state index < -0.39 is 0 Å². The molecule has 0 aliphatic rings. The molecule has 0 N–H and O–H groups in total. The fourth-order valence-electron chi connectivity index (χ4n) is 1.71. The minimum atomic E-state index is -0.0295. The first-order chi connectivity index (χ1) is 5.74. The first-order valence-electron chi connectivity index (χ1n) is 4.78. The van der Waals surface area contributed by atoms with Gasteiger partial charge in [0.05, 0.1) is 12.2 Å². The van der Waals surface area contributed by atoms with Gasteiger partial charge in [0.1, 0.15) is 0 Å². The molecule has 0 aromatic heterocycles. The van der Waals surface area contributed by atoms with Crippen LogP contribution in [-0.4, -0.2) is 26.4 Å². The van der Waals surface area contributed by atoms with Gasteiger partial charge in [-0.3, -0.25) is 0 Å². The topological polar surface area (TPSA) is 18.5 Å². The Morgan fingerprint density at radius 3 is 1.75 bits per heavy atom. The molecule has 12 heavy (non-hydrogen) atoms. The van der Waals surface area contributed by atoms with Gasteiger partial charge in [0, 0.05) is 14.2 Å². The third-order valence-corrected chi connectivity index (χ3v) is 2.25. The largest absolute Gasteiger partial charge is 0.382 e. The number of ether oxygens (including phenoxy) is 2. The zero-order valence-corrected chi connectivity index (χ0v) is 8.85. The predicted molar refractivity (Wildman–Crippen MR) is 51.4 cm³/mol. The molecule has 0 saturated heterocycles. The Kier molecular flexibility index (Phi) is 6.39. The van der Waals surface area contributed by atoms with E-state index >= 15 is 0 Å². The SMILES string of the molecule is CCCC(CCC)(COC)OC. The molecule has 0 saturated carbocycles. The fourth-order valence-corrected chi connectivity index (χ4v) is 1.71. The number of rotatable bonds is 7. The summed E-state index contributed by atoms with van der Waals surface area (Å²) in [6.07, 6.45) is 4.48. The molecule has 0 aromatic rings. The van der Waals surface area contributed by atoms with Crippen molar-refractivity contribution in [1.82, 2.24) is 0 Å². The van der Waals surface area contributed by atoms with E-state index in [4.69, 9.17) is 9.47 Å². The van der Waals surface area contributed by atoms with Gasteiger partial charge < -0.3 is 9.47 Å². The van der Waals surface area contributed by atoms with Crippen LogP contribution in [0.25, 0.3) is 0 Å². The van der Waals surface area contributed by atoms with Crippen molar-refractivity contribution in [2.75, 3.05) is 20.8 Å². The maximum atomic E-state index is 5.53. The normalized spacial score (nSPS) is 12.0. The van der Waals surface area contributed by atoms with Crippen molar-refractivity contribution in [2.24, 2.45) is 0 Å².